The van der Waals surface area contributed by atoms with Crippen LogP contribution in [0.4, 0.5) is 0 Å². The summed E-state index contributed by atoms with van der Waals surface area (Å²) >= 11 is 0. The van der Waals surface area contributed by atoms with Gasteiger partial charge in [-0.3, -0.25) is 0 Å². The monoisotopic (exact) mass is 453 g/mol. The van der Waals surface area contributed by atoms with Crippen molar-refractivity contribution in [2.75, 3.05) is 0 Å². The lowest BCUT2D eigenvalue weighted by Gasteiger charge is -2.05. The van der Waals surface area contributed by atoms with Crippen LogP contribution >= 0.6 is 12.4 Å². The molecule has 4 aromatic rings. The summed E-state index contributed by atoms with van der Waals surface area (Å²) in [5.74, 6) is 0.104. The fraction of sp³-hybridized carbons (Fsp3) is 0. The smallest absolute Gasteiger partial charge is 0.234 e. The molecular weight excluding hydrogens is 430 g/mol. The van der Waals surface area contributed by atoms with Crippen LogP contribution in [-0.2, 0) is 0 Å². The van der Waals surface area contributed by atoms with E-state index in [1.807, 2.05) is 72.8 Å². The molecule has 0 amide bonds. The third-order valence-electron chi connectivity index (χ3n) is 4.84. The molecule has 0 aliphatic rings. The summed E-state index contributed by atoms with van der Waals surface area (Å²) in [7, 11) is 0. The van der Waals surface area contributed by atoms with Crippen molar-refractivity contribution in [3.63, 3.8) is 0 Å². The first-order chi connectivity index (χ1) is 15.8. The molecule has 0 aromatic heterocycles. The van der Waals surface area contributed by atoms with Crippen LogP contribution in [0.1, 0.15) is 11.1 Å². The minimum atomic E-state index is 0. The number of nitrogens with two attached hydrogens (primary N) is 1. The van der Waals surface area contributed by atoms with Crippen LogP contribution in [0.3, 0.4) is 0 Å². The first-order valence-electron chi connectivity index (χ1n) is 10.3. The SMILES string of the molecule is Cl.N/C(=N\N=C\c1ccccc1-c1ccccc1)N/N=C/c1ccccc1-c1ccccc1. The summed E-state index contributed by atoms with van der Waals surface area (Å²) in [6, 6.07) is 36.3. The molecule has 0 bridgehead atoms. The van der Waals surface area contributed by atoms with Crippen molar-refractivity contribution in [1.82, 2.24) is 5.43 Å². The summed E-state index contributed by atoms with van der Waals surface area (Å²) in [6.07, 6.45) is 3.41. The Hall–Kier alpha value is -4.22. The van der Waals surface area contributed by atoms with Gasteiger partial charge >= 0.3 is 0 Å². The van der Waals surface area contributed by atoms with Gasteiger partial charge in [-0.15, -0.1) is 17.5 Å². The molecule has 0 spiro atoms. The van der Waals surface area contributed by atoms with Crippen LogP contribution in [0.5, 0.6) is 0 Å². The highest BCUT2D eigenvalue weighted by Crippen LogP contribution is 2.23. The molecule has 164 valence electrons. The maximum atomic E-state index is 5.91. The quantitative estimate of drug-likeness (QED) is 0.223. The third-order valence-corrected chi connectivity index (χ3v) is 4.84. The van der Waals surface area contributed by atoms with Gasteiger partial charge in [-0.25, -0.2) is 5.43 Å². The summed E-state index contributed by atoms with van der Waals surface area (Å²) in [4.78, 5) is 0. The predicted octanol–water partition coefficient (Wildman–Crippen LogP) is 5.71. The minimum Gasteiger partial charge on any atom is -0.367 e. The fourth-order valence-corrected chi connectivity index (χ4v) is 3.32. The number of hydrogen-bond acceptors (Lipinski definition) is 3. The van der Waals surface area contributed by atoms with Crippen molar-refractivity contribution >= 4 is 30.8 Å². The lowest BCUT2D eigenvalue weighted by Crippen LogP contribution is -2.26. The molecule has 0 radical (unpaired) electrons. The third kappa shape index (κ3) is 6.38. The molecule has 0 saturated carbocycles. The van der Waals surface area contributed by atoms with Gasteiger partial charge in [0.05, 0.1) is 12.4 Å². The highest BCUT2D eigenvalue weighted by Gasteiger charge is 2.02. The molecule has 0 saturated heterocycles. The van der Waals surface area contributed by atoms with E-state index < -0.39 is 0 Å². The lowest BCUT2D eigenvalue weighted by atomic mass is 10.0. The molecule has 5 nitrogen and oxygen atoms in total. The molecule has 0 unspecified atom stereocenters. The number of halogens is 1. The molecule has 4 aromatic carbocycles. The van der Waals surface area contributed by atoms with Crippen molar-refractivity contribution in [2.45, 2.75) is 0 Å². The van der Waals surface area contributed by atoms with Gasteiger partial charge in [0.2, 0.25) is 5.96 Å². The zero-order chi connectivity index (χ0) is 22.0. The van der Waals surface area contributed by atoms with Crippen LogP contribution in [0.15, 0.2) is 124 Å². The topological polar surface area (TPSA) is 75.1 Å². The second-order valence-corrected chi connectivity index (χ2v) is 7.01. The van der Waals surface area contributed by atoms with Gasteiger partial charge in [0.25, 0.3) is 0 Å². The van der Waals surface area contributed by atoms with Gasteiger partial charge in [0.15, 0.2) is 0 Å². The van der Waals surface area contributed by atoms with Crippen molar-refractivity contribution in [2.24, 2.45) is 21.0 Å². The molecule has 33 heavy (non-hydrogen) atoms. The Balaban J connectivity index is 0.00000306. The first kappa shape index (κ1) is 23.4. The molecule has 0 fully saturated rings. The Morgan fingerprint density at radius 1 is 0.606 bits per heavy atom. The average Bonchev–Trinajstić information content (AvgIpc) is 2.86. The number of benzene rings is 4. The average molecular weight is 454 g/mol. The van der Waals surface area contributed by atoms with Gasteiger partial charge < -0.3 is 5.73 Å². The summed E-state index contributed by atoms with van der Waals surface area (Å²) < 4.78 is 0. The van der Waals surface area contributed by atoms with Crippen LogP contribution in [0.25, 0.3) is 22.3 Å². The molecule has 0 aliphatic heterocycles. The Bertz CT molecular complexity index is 1250. The maximum Gasteiger partial charge on any atom is 0.234 e. The lowest BCUT2D eigenvalue weighted by molar-refractivity contribution is 0.994. The highest BCUT2D eigenvalue weighted by molar-refractivity contribution is 5.92. The Morgan fingerprint density at radius 2 is 1.06 bits per heavy atom. The maximum absolute atomic E-state index is 5.91. The minimum absolute atomic E-state index is 0. The second-order valence-electron chi connectivity index (χ2n) is 7.01. The molecular formula is C27H24ClN5. The summed E-state index contributed by atoms with van der Waals surface area (Å²) in [5, 5.41) is 12.3. The van der Waals surface area contributed by atoms with Crippen molar-refractivity contribution < 1.29 is 0 Å². The second kappa shape index (κ2) is 12.0. The standard InChI is InChI=1S/C27H23N5.ClH/c28-27(31-29-19-23-15-7-9-17-25(23)21-11-3-1-4-12-21)32-30-20-24-16-8-10-18-26(24)22-13-5-2-6-14-22;/h1-20H,(H3,28,31,32);1H/b29-19+,30-20+;. The molecule has 6 heteroatoms. The van der Waals surface area contributed by atoms with E-state index in [9.17, 15) is 0 Å². The van der Waals surface area contributed by atoms with Crippen LogP contribution in [-0.4, -0.2) is 18.4 Å². The zero-order valence-electron chi connectivity index (χ0n) is 17.9. The summed E-state index contributed by atoms with van der Waals surface area (Å²) in [5.41, 5.74) is 15.0. The summed E-state index contributed by atoms with van der Waals surface area (Å²) in [6.45, 7) is 0. The Kier molecular flexibility index (Phi) is 8.51. The van der Waals surface area contributed by atoms with E-state index in [1.54, 1.807) is 12.4 Å². The Labute approximate surface area is 199 Å². The van der Waals surface area contributed by atoms with Crippen molar-refractivity contribution in [3.05, 3.63) is 120 Å². The van der Waals surface area contributed by atoms with Crippen molar-refractivity contribution in [1.29, 1.82) is 0 Å². The van der Waals surface area contributed by atoms with E-state index >= 15 is 0 Å². The fourth-order valence-electron chi connectivity index (χ4n) is 3.32. The van der Waals surface area contributed by atoms with E-state index in [0.717, 1.165) is 33.4 Å². The number of nitrogens with zero attached hydrogens (tertiary/aromatic N) is 3. The van der Waals surface area contributed by atoms with E-state index in [1.165, 1.54) is 0 Å². The van der Waals surface area contributed by atoms with Crippen LogP contribution < -0.4 is 11.2 Å². The van der Waals surface area contributed by atoms with E-state index in [0.29, 0.717) is 0 Å². The normalized spacial score (nSPS) is 11.5. The number of hydrazone groups is 1. The van der Waals surface area contributed by atoms with Crippen LogP contribution in [0.2, 0.25) is 0 Å². The van der Waals surface area contributed by atoms with Gasteiger partial charge in [0.1, 0.15) is 0 Å². The van der Waals surface area contributed by atoms with Gasteiger partial charge in [0, 0.05) is 11.1 Å². The molecule has 4 rings (SSSR count). The molecule has 3 N–H and O–H groups in total. The predicted molar refractivity (Wildman–Crippen MR) is 141 cm³/mol. The number of guanidine groups is 1. The van der Waals surface area contributed by atoms with Gasteiger partial charge in [-0.2, -0.15) is 10.2 Å². The largest absolute Gasteiger partial charge is 0.367 e. The number of rotatable bonds is 6. The van der Waals surface area contributed by atoms with Crippen molar-refractivity contribution in [3.8, 4) is 22.3 Å². The van der Waals surface area contributed by atoms with Gasteiger partial charge in [-0.1, -0.05) is 109 Å². The van der Waals surface area contributed by atoms with Gasteiger partial charge in [-0.05, 0) is 22.3 Å². The number of hydrogen-bond donors (Lipinski definition) is 2. The first-order valence-corrected chi connectivity index (χ1v) is 10.3. The highest BCUT2D eigenvalue weighted by atomic mass is 35.5. The van der Waals surface area contributed by atoms with E-state index in [4.69, 9.17) is 5.73 Å². The molecule has 0 heterocycles. The molecule has 0 aliphatic carbocycles. The van der Waals surface area contributed by atoms with E-state index in [2.05, 4.69) is 57.1 Å². The number of nitrogens with one attached hydrogen (secondary N) is 1. The van der Waals surface area contributed by atoms with E-state index in [-0.39, 0.29) is 18.4 Å². The Morgan fingerprint density at radius 3 is 1.61 bits per heavy atom. The van der Waals surface area contributed by atoms with Crippen LogP contribution in [0, 0.1) is 0 Å². The zero-order valence-corrected chi connectivity index (χ0v) is 18.7. The molecule has 0 atom stereocenters.